The summed E-state index contributed by atoms with van der Waals surface area (Å²) in [7, 11) is 4.51. The third-order valence-corrected chi connectivity index (χ3v) is 7.77. The first-order valence-electron chi connectivity index (χ1n) is 15.3. The average Bonchev–Trinajstić information content (AvgIpc) is 2.92. The van der Waals surface area contributed by atoms with Crippen molar-refractivity contribution < 1.29 is 28.5 Å². The number of carbonyl (C=O) groups is 2. The zero-order valence-electron chi connectivity index (χ0n) is 26.6. The Labute approximate surface area is 255 Å². The van der Waals surface area contributed by atoms with E-state index in [0.717, 1.165) is 66.3 Å². The lowest BCUT2D eigenvalue weighted by Gasteiger charge is -2.29. The van der Waals surface area contributed by atoms with E-state index in [0.29, 0.717) is 5.69 Å². The zero-order chi connectivity index (χ0) is 31.2. The van der Waals surface area contributed by atoms with E-state index in [1.165, 1.54) is 22.0 Å². The highest BCUT2D eigenvalue weighted by Gasteiger charge is 2.26. The molecule has 0 aliphatic carbocycles. The van der Waals surface area contributed by atoms with Crippen LogP contribution in [-0.4, -0.2) is 54.4 Å². The summed E-state index contributed by atoms with van der Waals surface area (Å²) in [6.45, 7) is 10.5. The van der Waals surface area contributed by atoms with Gasteiger partial charge in [0.05, 0.1) is 50.1 Å². The van der Waals surface area contributed by atoms with Gasteiger partial charge in [0.25, 0.3) is 0 Å². The number of aliphatic carboxylic acids is 1. The van der Waals surface area contributed by atoms with Crippen LogP contribution in [0, 0.1) is 6.92 Å². The third kappa shape index (κ3) is 8.77. The number of aromatic nitrogens is 1. The van der Waals surface area contributed by atoms with Gasteiger partial charge in [-0.2, -0.15) is 4.57 Å². The van der Waals surface area contributed by atoms with Crippen molar-refractivity contribution >= 4 is 39.4 Å². The first-order valence-corrected chi connectivity index (χ1v) is 15.3. The molecule has 0 spiro atoms. The molecule has 0 aliphatic heterocycles. The normalized spacial score (nSPS) is 12.0. The van der Waals surface area contributed by atoms with Crippen molar-refractivity contribution in [3.63, 3.8) is 0 Å². The number of hydrogen-bond acceptors (Lipinski definition) is 3. The highest BCUT2D eigenvalue weighted by atomic mass is 16.6. The number of pyridine rings is 1. The van der Waals surface area contributed by atoms with Crippen LogP contribution in [0.5, 0.6) is 0 Å². The monoisotopic (exact) mass is 585 g/mol. The third-order valence-electron chi connectivity index (χ3n) is 7.77. The number of nitrogens with zero attached hydrogens (tertiary/aromatic N) is 2. The number of fused-ring (bicyclic) bond motifs is 3. The Morgan fingerprint density at radius 3 is 2.26 bits per heavy atom. The van der Waals surface area contributed by atoms with E-state index in [2.05, 4.69) is 85.5 Å². The molecule has 3 aromatic carbocycles. The number of aryl methyl sites for hydroxylation is 2. The van der Waals surface area contributed by atoms with Crippen molar-refractivity contribution in [2.45, 2.75) is 71.9 Å². The number of amides is 1. The molecule has 0 aliphatic rings. The van der Waals surface area contributed by atoms with Gasteiger partial charge in [0.1, 0.15) is 5.60 Å². The Morgan fingerprint density at radius 2 is 1.56 bits per heavy atom. The fourth-order valence-corrected chi connectivity index (χ4v) is 5.74. The second-order valence-corrected chi connectivity index (χ2v) is 13.2. The predicted octanol–water partition coefficient (Wildman–Crippen LogP) is 7.71. The Hall–Kier alpha value is -3.97. The van der Waals surface area contributed by atoms with Gasteiger partial charge < -0.3 is 14.3 Å². The van der Waals surface area contributed by atoms with Gasteiger partial charge in [-0.25, -0.2) is 4.79 Å². The quantitative estimate of drug-likeness (QED) is 0.0772. The van der Waals surface area contributed by atoms with Crippen LogP contribution in [0.15, 0.2) is 66.7 Å². The first kappa shape index (κ1) is 32.0. The van der Waals surface area contributed by atoms with Crippen molar-refractivity contribution in [1.82, 2.24) is 0 Å². The Morgan fingerprint density at radius 1 is 0.860 bits per heavy atom. The highest BCUT2D eigenvalue weighted by Crippen LogP contribution is 2.33. The number of rotatable bonds is 12. The van der Waals surface area contributed by atoms with Crippen LogP contribution in [0.4, 0.5) is 10.5 Å². The Balaban J connectivity index is 1.73. The van der Waals surface area contributed by atoms with Crippen LogP contribution in [-0.2, 0) is 16.1 Å². The first-order chi connectivity index (χ1) is 20.3. The molecular weight excluding hydrogens is 538 g/mol. The lowest BCUT2D eigenvalue weighted by Crippen LogP contribution is -2.44. The fraction of sp³-hybridized carbons (Fsp3) is 0.417. The number of carboxylic acids is 1. The Bertz CT molecular complexity index is 1590. The lowest BCUT2D eigenvalue weighted by atomic mass is 9.97. The van der Waals surface area contributed by atoms with Crippen LogP contribution in [0.3, 0.4) is 0 Å². The summed E-state index contributed by atoms with van der Waals surface area (Å²) < 4.78 is 8.83. The van der Waals surface area contributed by atoms with Gasteiger partial charge in [-0.05, 0) is 77.3 Å². The maximum atomic E-state index is 12.7. The van der Waals surface area contributed by atoms with Crippen LogP contribution < -0.4 is 9.88 Å². The molecule has 0 saturated heterocycles. The molecule has 0 fully saturated rings. The average molecular weight is 586 g/mol. The van der Waals surface area contributed by atoms with E-state index in [1.807, 2.05) is 32.9 Å². The fourth-order valence-electron chi connectivity index (χ4n) is 5.74. The van der Waals surface area contributed by atoms with E-state index in [4.69, 9.17) is 9.84 Å². The van der Waals surface area contributed by atoms with Crippen molar-refractivity contribution in [3.8, 4) is 11.3 Å². The molecule has 4 aromatic rings. The van der Waals surface area contributed by atoms with Gasteiger partial charge in [-0.1, -0.05) is 35.9 Å². The van der Waals surface area contributed by atoms with Crippen LogP contribution in [0.1, 0.15) is 58.4 Å². The smallest absolute Gasteiger partial charge is 0.412 e. The van der Waals surface area contributed by atoms with Gasteiger partial charge in [-0.3, -0.25) is 10.1 Å². The molecule has 0 bridgehead atoms. The molecule has 7 heteroatoms. The molecule has 43 heavy (non-hydrogen) atoms. The molecule has 1 amide bonds. The number of ether oxygens (including phenoxy) is 1. The number of benzene rings is 3. The van der Waals surface area contributed by atoms with E-state index in [-0.39, 0.29) is 6.42 Å². The maximum absolute atomic E-state index is 12.7. The largest absolute Gasteiger partial charge is 0.481 e. The molecule has 228 valence electrons. The molecule has 0 saturated carbocycles. The minimum absolute atomic E-state index is 0.242. The molecule has 0 atom stereocenters. The van der Waals surface area contributed by atoms with Crippen molar-refractivity contribution in [3.05, 3.63) is 72.3 Å². The number of anilines is 1. The predicted molar refractivity (Wildman–Crippen MR) is 174 cm³/mol. The molecule has 4 rings (SSSR count). The molecule has 1 aromatic heterocycles. The second kappa shape index (κ2) is 13.6. The van der Waals surface area contributed by atoms with E-state index >= 15 is 0 Å². The minimum atomic E-state index is -0.720. The van der Waals surface area contributed by atoms with Gasteiger partial charge >= 0.3 is 12.1 Å². The molecule has 0 unspecified atom stereocenters. The minimum Gasteiger partial charge on any atom is -0.481 e. The standard InChI is InChI=1S/C36H45N3O4/c1-26-17-19-29-30-20-18-28(37-35(42)43-36(2,3)4)25-32(30)38(34(31(29)24-26)27-14-9-7-10-15-27)21-13-23-39(5,6)22-12-8-11-16-33(40)41/h7,9-10,14-15,17-20,24-25H,8,11-13,16,21-23H2,1-6H3/p+2. The number of hydrogen-bond donors (Lipinski definition) is 2. The highest BCUT2D eigenvalue weighted by molar-refractivity contribution is 6.09. The van der Waals surface area contributed by atoms with Gasteiger partial charge in [0.2, 0.25) is 11.2 Å². The summed E-state index contributed by atoms with van der Waals surface area (Å²) in [5.41, 5.74) is 4.69. The summed E-state index contributed by atoms with van der Waals surface area (Å²) in [5.74, 6) is -0.720. The summed E-state index contributed by atoms with van der Waals surface area (Å²) in [5, 5.41) is 15.4. The van der Waals surface area contributed by atoms with E-state index < -0.39 is 17.7 Å². The molecular formula is C36H47N3O4+2. The van der Waals surface area contributed by atoms with Gasteiger partial charge in [0.15, 0.2) is 6.54 Å². The van der Waals surface area contributed by atoms with Gasteiger partial charge in [0, 0.05) is 23.4 Å². The molecule has 1 heterocycles. The lowest BCUT2D eigenvalue weighted by molar-refractivity contribution is -0.892. The number of unbranched alkanes of at least 4 members (excludes halogenated alkanes) is 2. The van der Waals surface area contributed by atoms with E-state index in [1.54, 1.807) is 0 Å². The summed E-state index contributed by atoms with van der Waals surface area (Å²) in [6, 6.07) is 23.3. The number of nitrogens with one attached hydrogen (secondary N) is 1. The van der Waals surface area contributed by atoms with Crippen LogP contribution in [0.25, 0.3) is 32.9 Å². The summed E-state index contributed by atoms with van der Waals surface area (Å²) >= 11 is 0. The summed E-state index contributed by atoms with van der Waals surface area (Å²) in [4.78, 5) is 23.5. The topological polar surface area (TPSA) is 79.5 Å². The van der Waals surface area contributed by atoms with Crippen LogP contribution >= 0.6 is 0 Å². The van der Waals surface area contributed by atoms with Crippen molar-refractivity contribution in [1.29, 1.82) is 0 Å². The number of carbonyl (C=O) groups excluding carboxylic acids is 1. The Kier molecular flexibility index (Phi) is 10.1. The maximum Gasteiger partial charge on any atom is 0.412 e. The molecule has 0 radical (unpaired) electrons. The number of carboxylic acid groups (broad SMARTS) is 1. The summed E-state index contributed by atoms with van der Waals surface area (Å²) in [6.07, 6.45) is 3.41. The SMILES string of the molecule is Cc1ccc2c(c1)c(-c1ccccc1)[n+](CCC[N+](C)(C)CCCCCC(=O)O)c1cc(NC(=O)OC(C)(C)C)ccc21. The van der Waals surface area contributed by atoms with Crippen molar-refractivity contribution in [2.75, 3.05) is 32.5 Å². The zero-order valence-corrected chi connectivity index (χ0v) is 26.6. The molecule has 2 N–H and O–H groups in total. The van der Waals surface area contributed by atoms with Crippen LogP contribution in [0.2, 0.25) is 0 Å². The van der Waals surface area contributed by atoms with Gasteiger partial charge in [-0.15, -0.1) is 0 Å². The molecule has 7 nitrogen and oxygen atoms in total. The number of quaternary nitrogens is 1. The second-order valence-electron chi connectivity index (χ2n) is 13.2. The van der Waals surface area contributed by atoms with Crippen molar-refractivity contribution in [2.24, 2.45) is 0 Å². The van der Waals surface area contributed by atoms with E-state index in [9.17, 15) is 9.59 Å².